The lowest BCUT2D eigenvalue weighted by Crippen LogP contribution is -2.12. The molecule has 1 amide bonds. The van der Waals surface area contributed by atoms with Crippen molar-refractivity contribution in [1.29, 1.82) is 0 Å². The number of hydrogen-bond donors (Lipinski definition) is 1. The van der Waals surface area contributed by atoms with E-state index in [1.54, 1.807) is 17.4 Å². The van der Waals surface area contributed by atoms with Gasteiger partial charge >= 0.3 is 0 Å². The number of anilines is 1. The summed E-state index contributed by atoms with van der Waals surface area (Å²) in [7, 11) is 0. The molecule has 0 unspecified atom stereocenters. The number of rotatable bonds is 3. The van der Waals surface area contributed by atoms with Crippen LogP contribution in [0.25, 0.3) is 27.1 Å². The monoisotopic (exact) mass is 404 g/mol. The SMILES string of the molecule is O=C(Nc1ccc(-c2cn3ccsc3n2)cc1)c1cc(Cl)nc2ccccc12. The van der Waals surface area contributed by atoms with E-state index < -0.39 is 0 Å². The van der Waals surface area contributed by atoms with Crippen LogP contribution in [0.2, 0.25) is 5.15 Å². The van der Waals surface area contributed by atoms with Gasteiger partial charge in [0, 0.05) is 34.4 Å². The summed E-state index contributed by atoms with van der Waals surface area (Å²) in [5.41, 5.74) is 3.78. The second kappa shape index (κ2) is 6.74. The van der Waals surface area contributed by atoms with E-state index >= 15 is 0 Å². The number of para-hydroxylation sites is 1. The van der Waals surface area contributed by atoms with E-state index in [-0.39, 0.29) is 5.91 Å². The van der Waals surface area contributed by atoms with Crippen LogP contribution < -0.4 is 5.32 Å². The van der Waals surface area contributed by atoms with Gasteiger partial charge in [0.15, 0.2) is 4.96 Å². The molecule has 0 aliphatic carbocycles. The number of nitrogens with zero attached hydrogens (tertiary/aromatic N) is 3. The van der Waals surface area contributed by atoms with Crippen molar-refractivity contribution in [2.24, 2.45) is 0 Å². The van der Waals surface area contributed by atoms with Crippen molar-refractivity contribution in [1.82, 2.24) is 14.4 Å². The van der Waals surface area contributed by atoms with Gasteiger partial charge in [0.1, 0.15) is 5.15 Å². The van der Waals surface area contributed by atoms with Gasteiger partial charge in [-0.25, -0.2) is 9.97 Å². The molecule has 0 saturated heterocycles. The number of carbonyl (C=O) groups is 1. The van der Waals surface area contributed by atoms with Crippen LogP contribution in [0.5, 0.6) is 0 Å². The predicted molar refractivity (Wildman–Crippen MR) is 113 cm³/mol. The molecule has 1 N–H and O–H groups in total. The molecule has 3 aromatic heterocycles. The zero-order valence-corrected chi connectivity index (χ0v) is 16.0. The maximum atomic E-state index is 12.8. The first-order valence-electron chi connectivity index (χ1n) is 8.57. The van der Waals surface area contributed by atoms with Crippen LogP contribution in [-0.2, 0) is 0 Å². The van der Waals surface area contributed by atoms with Crippen molar-refractivity contribution in [3.8, 4) is 11.3 Å². The molecular formula is C21H13ClN4OS. The number of hydrogen-bond acceptors (Lipinski definition) is 4. The minimum absolute atomic E-state index is 0.226. The third-order valence-electron chi connectivity index (χ3n) is 4.46. The smallest absolute Gasteiger partial charge is 0.256 e. The fourth-order valence-electron chi connectivity index (χ4n) is 3.12. The Kier molecular flexibility index (Phi) is 4.07. The molecule has 0 radical (unpaired) electrons. The fraction of sp³-hybridized carbons (Fsp3) is 0. The third-order valence-corrected chi connectivity index (χ3v) is 5.43. The van der Waals surface area contributed by atoms with Crippen LogP contribution >= 0.6 is 22.9 Å². The molecule has 136 valence electrons. The summed E-state index contributed by atoms with van der Waals surface area (Å²) in [5.74, 6) is -0.226. The molecular weight excluding hydrogens is 392 g/mol. The second-order valence-electron chi connectivity index (χ2n) is 6.26. The molecule has 0 bridgehead atoms. The van der Waals surface area contributed by atoms with Crippen LogP contribution in [0.4, 0.5) is 5.69 Å². The summed E-state index contributed by atoms with van der Waals surface area (Å²) in [6.45, 7) is 0. The number of pyridine rings is 1. The summed E-state index contributed by atoms with van der Waals surface area (Å²) in [5, 5.41) is 5.98. The first kappa shape index (κ1) is 16.9. The van der Waals surface area contributed by atoms with Gasteiger partial charge in [-0.05, 0) is 24.3 Å². The molecule has 3 heterocycles. The van der Waals surface area contributed by atoms with Crippen LogP contribution in [-0.4, -0.2) is 20.3 Å². The Hall–Kier alpha value is -3.22. The van der Waals surface area contributed by atoms with E-state index in [1.165, 1.54) is 0 Å². The summed E-state index contributed by atoms with van der Waals surface area (Å²) < 4.78 is 1.99. The van der Waals surface area contributed by atoms with Crippen molar-refractivity contribution >= 4 is 50.4 Å². The minimum Gasteiger partial charge on any atom is -0.322 e. The predicted octanol–water partition coefficient (Wildman–Crippen LogP) is 5.52. The third kappa shape index (κ3) is 3.02. The highest BCUT2D eigenvalue weighted by Crippen LogP contribution is 2.25. The number of fused-ring (bicyclic) bond motifs is 2. The normalized spacial score (nSPS) is 11.2. The molecule has 5 rings (SSSR count). The number of thiazole rings is 1. The minimum atomic E-state index is -0.226. The molecule has 28 heavy (non-hydrogen) atoms. The van der Waals surface area contributed by atoms with Gasteiger partial charge < -0.3 is 5.32 Å². The van der Waals surface area contributed by atoms with Gasteiger partial charge in [-0.1, -0.05) is 41.9 Å². The van der Waals surface area contributed by atoms with Crippen LogP contribution in [0, 0.1) is 0 Å². The van der Waals surface area contributed by atoms with Crippen molar-refractivity contribution in [2.75, 3.05) is 5.32 Å². The van der Waals surface area contributed by atoms with E-state index in [0.29, 0.717) is 21.9 Å². The molecule has 5 aromatic rings. The van der Waals surface area contributed by atoms with Crippen molar-refractivity contribution in [2.45, 2.75) is 0 Å². The topological polar surface area (TPSA) is 59.3 Å². The molecule has 2 aromatic carbocycles. The molecule has 0 aliphatic heterocycles. The lowest BCUT2D eigenvalue weighted by molar-refractivity contribution is 0.102. The van der Waals surface area contributed by atoms with Crippen LogP contribution in [0.1, 0.15) is 10.4 Å². The van der Waals surface area contributed by atoms with Crippen LogP contribution in [0.3, 0.4) is 0 Å². The van der Waals surface area contributed by atoms with Gasteiger partial charge in [-0.2, -0.15) is 0 Å². The molecule has 7 heteroatoms. The number of amides is 1. The van der Waals surface area contributed by atoms with Crippen molar-refractivity contribution < 1.29 is 4.79 Å². The average molecular weight is 405 g/mol. The number of aromatic nitrogens is 3. The summed E-state index contributed by atoms with van der Waals surface area (Å²) in [4.78, 5) is 22.6. The highest BCUT2D eigenvalue weighted by atomic mass is 35.5. The summed E-state index contributed by atoms with van der Waals surface area (Å²) in [6, 6.07) is 16.6. The molecule has 0 atom stereocenters. The Morgan fingerprint density at radius 1 is 1.07 bits per heavy atom. The van der Waals surface area contributed by atoms with Gasteiger partial charge in [-0.15, -0.1) is 11.3 Å². The van der Waals surface area contributed by atoms with E-state index in [2.05, 4.69) is 15.3 Å². The highest BCUT2D eigenvalue weighted by molar-refractivity contribution is 7.15. The Balaban J connectivity index is 1.42. The number of benzene rings is 2. The largest absolute Gasteiger partial charge is 0.322 e. The number of carbonyl (C=O) groups excluding carboxylic acids is 1. The first-order chi connectivity index (χ1) is 13.7. The van der Waals surface area contributed by atoms with Crippen LogP contribution in [0.15, 0.2) is 72.4 Å². The summed E-state index contributed by atoms with van der Waals surface area (Å²) >= 11 is 7.68. The Morgan fingerprint density at radius 2 is 1.89 bits per heavy atom. The quantitative estimate of drug-likeness (QED) is 0.403. The Labute approximate surface area is 169 Å². The number of nitrogens with one attached hydrogen (secondary N) is 1. The van der Waals surface area contributed by atoms with Crippen molar-refractivity contribution in [3.63, 3.8) is 0 Å². The van der Waals surface area contributed by atoms with E-state index in [0.717, 1.165) is 21.6 Å². The van der Waals surface area contributed by atoms with E-state index in [4.69, 9.17) is 11.6 Å². The maximum absolute atomic E-state index is 12.8. The standard InChI is InChI=1S/C21H13ClN4OS/c22-19-11-16(15-3-1-2-4-17(15)24-19)20(27)23-14-7-5-13(6-8-14)18-12-26-9-10-28-21(26)25-18/h1-12H,(H,23,27). The van der Waals surface area contributed by atoms with Gasteiger partial charge in [0.2, 0.25) is 0 Å². The van der Waals surface area contributed by atoms with Gasteiger partial charge in [0.25, 0.3) is 5.91 Å². The number of halogens is 1. The maximum Gasteiger partial charge on any atom is 0.256 e. The Bertz CT molecular complexity index is 1300. The van der Waals surface area contributed by atoms with Crippen molar-refractivity contribution in [3.05, 3.63) is 83.1 Å². The Morgan fingerprint density at radius 3 is 2.71 bits per heavy atom. The molecule has 0 aliphatic rings. The zero-order chi connectivity index (χ0) is 19.1. The molecule has 0 fully saturated rings. The molecule has 5 nitrogen and oxygen atoms in total. The average Bonchev–Trinajstić information content (AvgIpc) is 3.30. The zero-order valence-electron chi connectivity index (χ0n) is 14.5. The fourth-order valence-corrected chi connectivity index (χ4v) is 4.02. The van der Waals surface area contributed by atoms with E-state index in [9.17, 15) is 4.79 Å². The lowest BCUT2D eigenvalue weighted by atomic mass is 10.1. The first-order valence-corrected chi connectivity index (χ1v) is 9.82. The van der Waals surface area contributed by atoms with E-state index in [1.807, 2.05) is 70.7 Å². The summed E-state index contributed by atoms with van der Waals surface area (Å²) in [6.07, 6.45) is 3.97. The molecule has 0 saturated carbocycles. The van der Waals surface area contributed by atoms with Gasteiger partial charge in [-0.3, -0.25) is 9.20 Å². The van der Waals surface area contributed by atoms with Gasteiger partial charge in [0.05, 0.1) is 16.8 Å². The molecule has 0 spiro atoms. The second-order valence-corrected chi connectivity index (χ2v) is 7.52. The lowest BCUT2D eigenvalue weighted by Gasteiger charge is -2.09. The number of imidazole rings is 1. The highest BCUT2D eigenvalue weighted by Gasteiger charge is 2.13.